The molecule has 0 unspecified atom stereocenters. The Morgan fingerprint density at radius 3 is 2.56 bits per heavy atom. The number of rotatable bonds is 2. The van der Waals surface area contributed by atoms with Gasteiger partial charge < -0.3 is 4.90 Å². The maximum Gasteiger partial charge on any atom is 0.0950 e. The number of aryl methyl sites for hydroxylation is 1. The first kappa shape index (κ1) is 13.2. The van der Waals surface area contributed by atoms with Gasteiger partial charge in [0.05, 0.1) is 12.1 Å². The molecule has 2 rings (SSSR count). The maximum absolute atomic E-state index is 8.93. The molecule has 1 saturated heterocycles. The highest BCUT2D eigenvalue weighted by molar-refractivity contribution is 6.30. The van der Waals surface area contributed by atoms with Crippen molar-refractivity contribution in [2.24, 2.45) is 0 Å². The molecule has 0 N–H and O–H groups in total. The van der Waals surface area contributed by atoms with Gasteiger partial charge in [-0.05, 0) is 31.5 Å². The van der Waals surface area contributed by atoms with Gasteiger partial charge in [0.1, 0.15) is 0 Å². The molecule has 1 aliphatic rings. The molecule has 96 valence electrons. The molecule has 4 heteroatoms. The Morgan fingerprint density at radius 2 is 1.94 bits per heavy atom. The quantitative estimate of drug-likeness (QED) is 0.822. The highest BCUT2D eigenvalue weighted by Crippen LogP contribution is 2.25. The molecule has 1 aromatic carbocycles. The molecular formula is C14H18ClN3. The summed E-state index contributed by atoms with van der Waals surface area (Å²) in [6.45, 7) is 7.83. The van der Waals surface area contributed by atoms with E-state index in [1.54, 1.807) is 0 Å². The van der Waals surface area contributed by atoms with Crippen LogP contribution in [0.3, 0.4) is 0 Å². The number of piperazine rings is 1. The van der Waals surface area contributed by atoms with Crippen LogP contribution in [0.25, 0.3) is 0 Å². The van der Waals surface area contributed by atoms with Gasteiger partial charge in [0.15, 0.2) is 0 Å². The fourth-order valence-electron chi connectivity index (χ4n) is 2.36. The van der Waals surface area contributed by atoms with E-state index in [0.717, 1.165) is 31.2 Å². The Morgan fingerprint density at radius 1 is 1.28 bits per heavy atom. The van der Waals surface area contributed by atoms with Crippen LogP contribution >= 0.6 is 11.6 Å². The second kappa shape index (κ2) is 5.60. The minimum Gasteiger partial charge on any atom is -0.369 e. The highest BCUT2D eigenvalue weighted by Gasteiger charge is 2.21. The van der Waals surface area contributed by atoms with E-state index in [0.29, 0.717) is 0 Å². The van der Waals surface area contributed by atoms with Gasteiger partial charge in [0, 0.05) is 36.9 Å². The van der Waals surface area contributed by atoms with Crippen molar-refractivity contribution in [2.75, 3.05) is 31.1 Å². The first-order chi connectivity index (χ1) is 8.61. The van der Waals surface area contributed by atoms with Gasteiger partial charge >= 0.3 is 0 Å². The summed E-state index contributed by atoms with van der Waals surface area (Å²) in [5.41, 5.74) is 2.47. The maximum atomic E-state index is 8.93. The van der Waals surface area contributed by atoms with Gasteiger partial charge in [-0.25, -0.2) is 0 Å². The molecule has 1 fully saturated rings. The van der Waals surface area contributed by atoms with Crippen LogP contribution in [-0.4, -0.2) is 37.1 Å². The third-order valence-electron chi connectivity index (χ3n) is 3.56. The lowest BCUT2D eigenvalue weighted by atomic mass is 10.1. The minimum absolute atomic E-state index is 0.00704. The molecule has 0 spiro atoms. The van der Waals surface area contributed by atoms with Crippen molar-refractivity contribution < 1.29 is 0 Å². The Hall–Kier alpha value is -1.24. The standard InChI is InChI=1S/C14H18ClN3/c1-11-3-4-13(15)9-14(11)18-7-5-17(6-8-18)12(2)10-16/h3-4,9,12H,5-8H2,1-2H3/t12-/m1/s1. The Kier molecular flexibility index (Phi) is 4.11. The van der Waals surface area contributed by atoms with Gasteiger partial charge in [0.25, 0.3) is 0 Å². The Balaban J connectivity index is 2.06. The van der Waals surface area contributed by atoms with Crippen molar-refractivity contribution in [3.8, 4) is 6.07 Å². The number of nitrogens with zero attached hydrogens (tertiary/aromatic N) is 3. The van der Waals surface area contributed by atoms with Crippen LogP contribution in [0, 0.1) is 18.3 Å². The fraction of sp³-hybridized carbons (Fsp3) is 0.500. The Labute approximate surface area is 114 Å². The van der Waals surface area contributed by atoms with Crippen LogP contribution in [0.5, 0.6) is 0 Å². The highest BCUT2D eigenvalue weighted by atomic mass is 35.5. The number of hydrogen-bond donors (Lipinski definition) is 0. The lowest BCUT2D eigenvalue weighted by Crippen LogP contribution is -2.49. The largest absolute Gasteiger partial charge is 0.369 e. The monoisotopic (exact) mass is 263 g/mol. The van der Waals surface area contributed by atoms with E-state index in [-0.39, 0.29) is 6.04 Å². The van der Waals surface area contributed by atoms with Gasteiger partial charge in [0.2, 0.25) is 0 Å². The molecule has 1 heterocycles. The second-order valence-electron chi connectivity index (χ2n) is 4.76. The van der Waals surface area contributed by atoms with Gasteiger partial charge in [-0.15, -0.1) is 0 Å². The van der Waals surface area contributed by atoms with E-state index in [2.05, 4.69) is 28.9 Å². The van der Waals surface area contributed by atoms with Crippen molar-refractivity contribution in [1.82, 2.24) is 4.90 Å². The van der Waals surface area contributed by atoms with Crippen molar-refractivity contribution in [1.29, 1.82) is 5.26 Å². The summed E-state index contributed by atoms with van der Waals surface area (Å²) in [7, 11) is 0. The van der Waals surface area contributed by atoms with Crippen LogP contribution in [0.15, 0.2) is 18.2 Å². The van der Waals surface area contributed by atoms with Crippen LogP contribution in [0.1, 0.15) is 12.5 Å². The summed E-state index contributed by atoms with van der Waals surface area (Å²) in [5, 5.41) is 9.71. The Bertz CT molecular complexity index is 459. The van der Waals surface area contributed by atoms with Gasteiger partial charge in [-0.1, -0.05) is 17.7 Å². The van der Waals surface area contributed by atoms with Crippen molar-refractivity contribution >= 4 is 17.3 Å². The predicted molar refractivity (Wildman–Crippen MR) is 75.1 cm³/mol. The molecule has 1 aliphatic heterocycles. The lowest BCUT2D eigenvalue weighted by Gasteiger charge is -2.37. The van der Waals surface area contributed by atoms with Crippen molar-refractivity contribution in [2.45, 2.75) is 19.9 Å². The zero-order valence-corrected chi connectivity index (χ0v) is 11.6. The second-order valence-corrected chi connectivity index (χ2v) is 5.20. The summed E-state index contributed by atoms with van der Waals surface area (Å²) in [6.07, 6.45) is 0. The van der Waals surface area contributed by atoms with Gasteiger partial charge in [-0.3, -0.25) is 4.90 Å². The van der Waals surface area contributed by atoms with Crippen molar-refractivity contribution in [3.63, 3.8) is 0 Å². The SMILES string of the molecule is Cc1ccc(Cl)cc1N1CCN([C@H](C)C#N)CC1. The minimum atomic E-state index is 0.00704. The average molecular weight is 264 g/mol. The van der Waals surface area contributed by atoms with Crippen molar-refractivity contribution in [3.05, 3.63) is 28.8 Å². The van der Waals surface area contributed by atoms with Crippen LogP contribution in [0.4, 0.5) is 5.69 Å². The molecule has 18 heavy (non-hydrogen) atoms. The fourth-order valence-corrected chi connectivity index (χ4v) is 2.52. The zero-order valence-electron chi connectivity index (χ0n) is 10.9. The third kappa shape index (κ3) is 2.77. The van der Waals surface area contributed by atoms with Crippen LogP contribution in [0.2, 0.25) is 5.02 Å². The summed E-state index contributed by atoms with van der Waals surface area (Å²) >= 11 is 6.06. The summed E-state index contributed by atoms with van der Waals surface area (Å²) < 4.78 is 0. The molecule has 0 aromatic heterocycles. The van der Waals surface area contributed by atoms with Gasteiger partial charge in [-0.2, -0.15) is 5.26 Å². The first-order valence-electron chi connectivity index (χ1n) is 6.26. The molecule has 1 aromatic rings. The predicted octanol–water partition coefficient (Wildman–Crippen LogP) is 2.68. The molecule has 0 saturated carbocycles. The van der Waals surface area contributed by atoms with E-state index < -0.39 is 0 Å². The number of halogens is 1. The average Bonchev–Trinajstić information content (AvgIpc) is 2.41. The van der Waals surface area contributed by atoms with E-state index in [1.807, 2.05) is 19.1 Å². The number of benzene rings is 1. The first-order valence-corrected chi connectivity index (χ1v) is 6.64. The smallest absolute Gasteiger partial charge is 0.0950 e. The van der Waals surface area contributed by atoms with Crippen LogP contribution in [-0.2, 0) is 0 Å². The normalized spacial score (nSPS) is 18.4. The van der Waals surface area contributed by atoms with E-state index in [1.165, 1.54) is 11.3 Å². The number of hydrogen-bond acceptors (Lipinski definition) is 3. The zero-order chi connectivity index (χ0) is 13.1. The number of anilines is 1. The molecule has 0 bridgehead atoms. The van der Waals surface area contributed by atoms with E-state index in [4.69, 9.17) is 16.9 Å². The number of nitriles is 1. The molecule has 0 amide bonds. The van der Waals surface area contributed by atoms with E-state index >= 15 is 0 Å². The molecule has 0 radical (unpaired) electrons. The lowest BCUT2D eigenvalue weighted by molar-refractivity contribution is 0.231. The van der Waals surface area contributed by atoms with Crippen LogP contribution < -0.4 is 4.90 Å². The topological polar surface area (TPSA) is 30.3 Å². The molecule has 1 atom stereocenters. The summed E-state index contributed by atoms with van der Waals surface area (Å²) in [5.74, 6) is 0. The third-order valence-corrected chi connectivity index (χ3v) is 3.80. The molecular weight excluding hydrogens is 246 g/mol. The molecule has 3 nitrogen and oxygen atoms in total. The summed E-state index contributed by atoms with van der Waals surface area (Å²) in [4.78, 5) is 4.57. The van der Waals surface area contributed by atoms with E-state index in [9.17, 15) is 0 Å². The summed E-state index contributed by atoms with van der Waals surface area (Å²) in [6, 6.07) is 8.31. The molecule has 0 aliphatic carbocycles.